The molecule has 0 saturated heterocycles. The minimum Gasteiger partial charge on any atom is -0.368 e. The summed E-state index contributed by atoms with van der Waals surface area (Å²) >= 11 is 0. The van der Waals surface area contributed by atoms with E-state index in [9.17, 15) is 4.79 Å². The smallest absolute Gasteiger partial charge is 0 e. The average Bonchev–Trinajstić information content (AvgIpc) is 1.65. The Labute approximate surface area is 2580 Å². The van der Waals surface area contributed by atoms with Gasteiger partial charge in [0.2, 0.25) is 0 Å². The summed E-state index contributed by atoms with van der Waals surface area (Å²) in [4.78, 5) is 10.1. The second kappa shape index (κ2) is 600. The maximum atomic E-state index is 10.1. The van der Waals surface area contributed by atoms with Crippen LogP contribution in [-0.2, 0) is 2650 Å². The van der Waals surface area contributed by atoms with Crippen molar-refractivity contribution in [2.75, 3.05) is 0 Å². The van der Waals surface area contributed by atoms with Crippen molar-refractivity contribution >= 4 is 5.78 Å². The van der Waals surface area contributed by atoms with Gasteiger partial charge in [0.15, 0.2) is 0 Å². The second-order valence-electron chi connectivity index (χ2n) is 0.980. The Balaban J connectivity index is -0.0000000000386. The fraction of sp³-hybridized carbons (Fsp3) is 0.400. The average molecular weight is 7290 g/mol. The third-order valence-electron chi connectivity index (χ3n) is 0.569. The third-order valence-corrected chi connectivity index (χ3v) is 0.569. The number of ketones is 1. The van der Waals surface area contributed by atoms with E-state index in [2.05, 4.69) is 0 Å². The molecule has 1 nitrogen and oxygen atoms in total. The van der Waals surface area contributed by atoms with Gasteiger partial charge in [-0.2, -0.15) is 13.8 Å². The zero-order chi connectivity index (χ0) is 4.99. The Hall–Kier alpha value is 88.8. The molecule has 0 spiro atoms. The van der Waals surface area contributed by atoms with E-state index in [0.717, 1.165) is 0 Å². The molecular formula is C5H8OY81-2. The Morgan fingerprint density at radius 1 is 0.103 bits per heavy atom. The molecule has 0 saturated carbocycles. The molecule has 0 amide bonds. The van der Waals surface area contributed by atoms with E-state index in [-0.39, 0.29) is 2660 Å². The molecular weight excluding hydrogens is 7280 g/mol. The first-order valence-electron chi connectivity index (χ1n) is 1.94. The van der Waals surface area contributed by atoms with Crippen LogP contribution in [-0.4, -0.2) is 5.78 Å². The van der Waals surface area contributed by atoms with Crippen molar-refractivity contribution in [3.05, 3.63) is 12.8 Å². The SMILES string of the molecule is C[CH-]C(=O)[CH-]C.[Y].[Y].[Y].[Y].[Y].[Y].[Y].[Y].[Y].[Y].[Y].[Y].[Y].[Y].[Y].[Y].[Y].[Y].[Y].[Y].[Y].[Y].[Y].[Y].[Y].[Y].[Y].[Y].[Y].[Y].[Y].[Y].[Y].[Y].[Y].[Y].[Y].[Y].[Y].[Y].[Y].[Y].[Y].[Y].[Y].[Y].[Y].[Y].[Y].[Y].[Y].[Y].[Y].[Y].[Y].[Y].[Y].[Y].[Y].[Y].[Y].[Y].[Y].[Y].[Y].[Y].[Y].[Y].[Y].[Y].[Y].[Y].[Y].[Y].[Y].[Y].[Y].[Y].[Y].[Y].[Y]. The first-order chi connectivity index (χ1) is 2.81. The third kappa shape index (κ3) is 606. The fourth-order valence-electron chi connectivity index (χ4n) is 0.167. The zero-order valence-electron chi connectivity index (χ0n) is 50.8. The standard InChI is InChI=1S/C5H8O.81Y/c1-3-5(6)4-2;;;;;;;;;;;;;;;;;;;;;;;;;;;;;;;;;;;;;;;;;;;;;;;;;;;;;;;;;;;;;;;;;;;;;;;;;;;;;;;;;/h3-4H,1-2H3;;;;;;;;;;;;;;;;;;;;;;;;;;;;;;;;;;;;;;;;;;;;;;;;;;;;;;;;;;;;;;;;;;;;;;;;;;;;;;;;;/q-2;;;;;;;;;;;;;;;;;;;;;;;;;;;;;;;;;;;;;;;;;;;;;;;;;;;;;;;;;;;;;;;;;;;;;;;;;;;;;;;;;. The molecule has 87 heavy (non-hydrogen) atoms. The number of Topliss-reactive ketones (excluding diaryl/α,β-unsaturated/α-hetero) is 1. The number of rotatable bonds is 2. The maximum absolute atomic E-state index is 10.1. The van der Waals surface area contributed by atoms with E-state index < -0.39 is 0 Å². The monoisotopic (exact) mass is 7290 g/mol. The van der Waals surface area contributed by atoms with Crippen LogP contribution in [0.5, 0.6) is 0 Å². The molecule has 0 N–H and O–H groups in total. The summed E-state index contributed by atoms with van der Waals surface area (Å²) in [6, 6.07) is 0. The molecule has 279 valence electrons. The van der Waals surface area contributed by atoms with Crippen LogP contribution in [0.1, 0.15) is 13.8 Å². The predicted molar refractivity (Wildman–Crippen MR) is 25.0 cm³/mol. The molecule has 81 radical (unpaired) electrons. The van der Waals surface area contributed by atoms with Gasteiger partial charge in [0.25, 0.3) is 0 Å². The van der Waals surface area contributed by atoms with Gasteiger partial charge < -0.3 is 17.6 Å². The van der Waals surface area contributed by atoms with Gasteiger partial charge >= 0.3 is 0 Å². The molecule has 0 aliphatic rings. The second-order valence-corrected chi connectivity index (χ2v) is 0.980. The van der Waals surface area contributed by atoms with Crippen LogP contribution in [0.2, 0.25) is 0 Å². The maximum Gasteiger partial charge on any atom is 0 e. The first-order valence-corrected chi connectivity index (χ1v) is 1.94. The van der Waals surface area contributed by atoms with Crippen LogP contribution in [0.25, 0.3) is 0 Å². The summed E-state index contributed by atoms with van der Waals surface area (Å²) in [6.45, 7) is 3.45. The largest absolute Gasteiger partial charge is 0.368 e. The van der Waals surface area contributed by atoms with E-state index in [1.165, 1.54) is 12.8 Å². The number of hydrogen-bond acceptors (Lipinski definition) is 1. The molecule has 0 aromatic rings. The van der Waals surface area contributed by atoms with Crippen LogP contribution < -0.4 is 0 Å². The van der Waals surface area contributed by atoms with Crippen LogP contribution in [0.4, 0.5) is 0 Å². The Kier molecular flexibility index (Phi) is 4210. The summed E-state index contributed by atoms with van der Waals surface area (Å²) < 4.78 is 0. The Morgan fingerprint density at radius 2 is 0.126 bits per heavy atom. The van der Waals surface area contributed by atoms with Gasteiger partial charge in [-0.3, -0.25) is 0 Å². The van der Waals surface area contributed by atoms with Crippen LogP contribution in [0, 0.1) is 12.8 Å². The van der Waals surface area contributed by atoms with Crippen LogP contribution in [0.3, 0.4) is 0 Å². The number of carbonyl (C=O) groups excluding carboxylic acids is 1. The van der Waals surface area contributed by atoms with Gasteiger partial charge in [0.1, 0.15) is 0 Å². The summed E-state index contributed by atoms with van der Waals surface area (Å²) in [5, 5.41) is 0. The first kappa shape index (κ1) is 610. The molecule has 0 rings (SSSR count). The van der Waals surface area contributed by atoms with Gasteiger partial charge in [0.05, 0.1) is 0 Å². The summed E-state index contributed by atoms with van der Waals surface area (Å²) in [5.74, 6) is 0.0926. The van der Waals surface area contributed by atoms with Gasteiger partial charge in [-0.15, -0.1) is 5.78 Å². The molecule has 0 unspecified atom stereocenters. The zero-order valence-corrected chi connectivity index (χ0v) is 281. The van der Waals surface area contributed by atoms with Gasteiger partial charge in [-0.1, -0.05) is 0 Å². The molecule has 82 heteroatoms. The minimum absolute atomic E-state index is 0. The van der Waals surface area contributed by atoms with Crippen LogP contribution >= 0.6 is 0 Å². The van der Waals surface area contributed by atoms with Crippen molar-refractivity contribution in [2.24, 2.45) is 0 Å². The van der Waals surface area contributed by atoms with Crippen molar-refractivity contribution in [1.29, 1.82) is 0 Å². The van der Waals surface area contributed by atoms with E-state index in [4.69, 9.17) is 0 Å². The summed E-state index contributed by atoms with van der Waals surface area (Å²) in [5.41, 5.74) is 0. The molecule has 0 aliphatic heterocycles. The number of hydrogen-bond donors (Lipinski definition) is 0. The van der Waals surface area contributed by atoms with Crippen molar-refractivity contribution in [3.63, 3.8) is 0 Å². The molecule has 0 aromatic heterocycles. The van der Waals surface area contributed by atoms with Crippen molar-refractivity contribution in [2.45, 2.75) is 13.8 Å². The van der Waals surface area contributed by atoms with Gasteiger partial charge in [0, 0.05) is 2650 Å². The molecule has 0 bridgehead atoms. The van der Waals surface area contributed by atoms with Crippen molar-refractivity contribution < 1.29 is 2650 Å². The van der Waals surface area contributed by atoms with Crippen LogP contribution in [0.15, 0.2) is 0 Å². The number of carbonyl (C=O) groups is 1. The fourth-order valence-corrected chi connectivity index (χ4v) is 0.167. The summed E-state index contributed by atoms with van der Waals surface area (Å²) in [7, 11) is 0. The Bertz CT molecular complexity index is 73.4. The van der Waals surface area contributed by atoms with Gasteiger partial charge in [-0.05, 0) is 0 Å². The minimum atomic E-state index is 0. The molecule has 0 atom stereocenters. The van der Waals surface area contributed by atoms with E-state index >= 15 is 0 Å². The normalized spacial score (nSPS) is 0.483. The summed E-state index contributed by atoms with van der Waals surface area (Å²) in [6.07, 6.45) is 3.06. The molecule has 0 fully saturated rings. The topological polar surface area (TPSA) is 17.1 Å². The van der Waals surface area contributed by atoms with E-state index in [1.54, 1.807) is 13.8 Å². The van der Waals surface area contributed by atoms with Crippen molar-refractivity contribution in [1.82, 2.24) is 0 Å². The quantitative estimate of drug-likeness (QED) is 0.375. The van der Waals surface area contributed by atoms with Crippen molar-refractivity contribution in [3.8, 4) is 0 Å². The van der Waals surface area contributed by atoms with E-state index in [0.29, 0.717) is 0 Å². The van der Waals surface area contributed by atoms with Gasteiger partial charge in [-0.25, -0.2) is 0 Å². The molecule has 0 heterocycles. The van der Waals surface area contributed by atoms with E-state index in [1.807, 2.05) is 0 Å². The Morgan fingerprint density at radius 3 is 0.126 bits per heavy atom. The molecule has 0 aromatic carbocycles. The predicted octanol–water partition coefficient (Wildman–Crippen LogP) is 0.801. The molecule has 0 aliphatic carbocycles.